The van der Waals surface area contributed by atoms with Gasteiger partial charge >= 0.3 is 0 Å². The van der Waals surface area contributed by atoms with E-state index in [2.05, 4.69) is 16.8 Å². The Morgan fingerprint density at radius 1 is 1.17 bits per heavy atom. The van der Waals surface area contributed by atoms with Crippen molar-refractivity contribution in [3.63, 3.8) is 0 Å². The van der Waals surface area contributed by atoms with Crippen LogP contribution in [0.5, 0.6) is 0 Å². The van der Waals surface area contributed by atoms with Crippen molar-refractivity contribution in [1.82, 2.24) is 4.90 Å². The number of allylic oxidation sites excluding steroid dienone is 1. The van der Waals surface area contributed by atoms with E-state index in [1.165, 1.54) is 17.0 Å². The van der Waals surface area contributed by atoms with E-state index < -0.39 is 11.6 Å². The van der Waals surface area contributed by atoms with Gasteiger partial charge in [0.25, 0.3) is 0 Å². The minimum absolute atomic E-state index is 0. The second-order valence-corrected chi connectivity index (χ2v) is 6.36. The van der Waals surface area contributed by atoms with Crippen LogP contribution in [0.15, 0.2) is 40.2 Å². The van der Waals surface area contributed by atoms with Gasteiger partial charge in [0.1, 0.15) is 11.6 Å². The van der Waals surface area contributed by atoms with E-state index >= 15 is 0 Å². The molecule has 0 saturated heterocycles. The Hall–Kier alpha value is -1.40. The van der Waals surface area contributed by atoms with Crippen molar-refractivity contribution in [2.75, 3.05) is 13.1 Å². The highest BCUT2D eigenvalue weighted by molar-refractivity contribution is 8.93. The Labute approximate surface area is 148 Å². The van der Waals surface area contributed by atoms with Gasteiger partial charge in [-0.15, -0.1) is 17.0 Å². The number of hydrogen-bond donors (Lipinski definition) is 0. The molecule has 0 spiro atoms. The summed E-state index contributed by atoms with van der Waals surface area (Å²) >= 11 is 1.67. The van der Waals surface area contributed by atoms with E-state index in [4.69, 9.17) is 0 Å². The van der Waals surface area contributed by atoms with Crippen molar-refractivity contribution in [3.8, 4) is 0 Å². The van der Waals surface area contributed by atoms with Crippen molar-refractivity contribution in [2.24, 2.45) is 4.99 Å². The molecule has 4 rings (SSSR count). The van der Waals surface area contributed by atoms with Crippen molar-refractivity contribution >= 4 is 50.4 Å². The lowest BCUT2D eigenvalue weighted by Crippen LogP contribution is -2.20. The largest absolute Gasteiger partial charge is 0.318 e. The maximum Gasteiger partial charge on any atom is 0.168 e. The van der Waals surface area contributed by atoms with Crippen LogP contribution in [0.2, 0.25) is 0 Å². The molecule has 0 amide bonds. The summed E-state index contributed by atoms with van der Waals surface area (Å²) in [5.41, 5.74) is 1.94. The maximum atomic E-state index is 14.1. The zero-order chi connectivity index (χ0) is 15.3. The molecular formula is C17H15BrF2N2S. The van der Waals surface area contributed by atoms with Crippen LogP contribution in [0.3, 0.4) is 0 Å². The van der Waals surface area contributed by atoms with Crippen LogP contribution in [-0.4, -0.2) is 23.2 Å². The third-order valence-electron chi connectivity index (χ3n) is 4.07. The number of aliphatic imine (C=N–C) groups is 1. The van der Waals surface area contributed by atoms with Crippen LogP contribution in [0, 0.1) is 11.6 Å². The topological polar surface area (TPSA) is 15.6 Å². The molecule has 2 nitrogen and oxygen atoms in total. The maximum absolute atomic E-state index is 14.1. The normalized spacial score (nSPS) is 16.7. The first-order chi connectivity index (χ1) is 10.7. The van der Waals surface area contributed by atoms with Crippen LogP contribution >= 0.6 is 28.7 Å². The van der Waals surface area contributed by atoms with E-state index in [0.717, 1.165) is 35.9 Å². The SMILES string of the molecule is Br.CCC1=C(c2ccc(F)c3c(F)cccc23)N2CCN=C2S1. The smallest absolute Gasteiger partial charge is 0.168 e. The standard InChI is InChI=1S/C17H14F2N2S.BrH/c1-2-14-16(21-9-8-20-17(21)22-14)11-6-7-13(19)15-10(11)4-3-5-12(15)18;/h3-7H,2,8-9H2,1H3;1H. The Kier molecular flexibility index (Phi) is 4.47. The lowest BCUT2D eigenvalue weighted by Gasteiger charge is -2.19. The Morgan fingerprint density at radius 2 is 1.96 bits per heavy atom. The predicted octanol–water partition coefficient (Wildman–Crippen LogP) is 5.19. The lowest BCUT2D eigenvalue weighted by molar-refractivity contribution is 0.607. The fourth-order valence-electron chi connectivity index (χ4n) is 3.09. The van der Waals surface area contributed by atoms with Crippen LogP contribution in [0.4, 0.5) is 8.78 Å². The van der Waals surface area contributed by atoms with E-state index in [-0.39, 0.29) is 22.4 Å². The van der Waals surface area contributed by atoms with Crippen molar-refractivity contribution in [3.05, 3.63) is 52.4 Å². The van der Waals surface area contributed by atoms with Gasteiger partial charge in [-0.05, 0) is 30.0 Å². The van der Waals surface area contributed by atoms with Gasteiger partial charge in [0.15, 0.2) is 5.17 Å². The average molecular weight is 397 g/mol. The molecule has 0 unspecified atom stereocenters. The molecule has 0 radical (unpaired) electrons. The molecule has 2 aromatic rings. The molecule has 0 atom stereocenters. The Bertz CT molecular complexity index is 840. The van der Waals surface area contributed by atoms with Crippen LogP contribution in [-0.2, 0) is 0 Å². The first-order valence-electron chi connectivity index (χ1n) is 7.30. The predicted molar refractivity (Wildman–Crippen MR) is 98.0 cm³/mol. The van der Waals surface area contributed by atoms with E-state index in [1.54, 1.807) is 30.0 Å². The second-order valence-electron chi connectivity index (χ2n) is 5.30. The highest BCUT2D eigenvalue weighted by atomic mass is 79.9. The number of thioether (sulfide) groups is 1. The number of benzene rings is 2. The van der Waals surface area contributed by atoms with Gasteiger partial charge in [-0.1, -0.05) is 30.8 Å². The molecule has 0 bridgehead atoms. The van der Waals surface area contributed by atoms with E-state index in [0.29, 0.717) is 5.39 Å². The second kappa shape index (κ2) is 6.24. The van der Waals surface area contributed by atoms with Crippen LogP contribution in [0.1, 0.15) is 18.9 Å². The lowest BCUT2D eigenvalue weighted by atomic mass is 10.00. The molecule has 23 heavy (non-hydrogen) atoms. The number of amidine groups is 1. The molecule has 0 fully saturated rings. The first kappa shape index (κ1) is 16.5. The summed E-state index contributed by atoms with van der Waals surface area (Å²) in [6, 6.07) is 7.83. The fourth-order valence-corrected chi connectivity index (χ4v) is 4.22. The molecule has 0 aromatic heterocycles. The number of nitrogens with zero attached hydrogens (tertiary/aromatic N) is 2. The molecule has 2 aliphatic heterocycles. The molecule has 0 aliphatic carbocycles. The van der Waals surface area contributed by atoms with Gasteiger partial charge in [0.2, 0.25) is 0 Å². The van der Waals surface area contributed by atoms with Crippen LogP contribution < -0.4 is 0 Å². The minimum atomic E-state index is -0.517. The van der Waals surface area contributed by atoms with Gasteiger partial charge in [-0.3, -0.25) is 4.99 Å². The van der Waals surface area contributed by atoms with Gasteiger partial charge in [-0.2, -0.15) is 0 Å². The molecule has 2 heterocycles. The first-order valence-corrected chi connectivity index (χ1v) is 8.12. The third-order valence-corrected chi connectivity index (χ3v) is 5.33. The van der Waals surface area contributed by atoms with Gasteiger partial charge in [0, 0.05) is 17.0 Å². The fraction of sp³-hybridized carbons (Fsp3) is 0.235. The quantitative estimate of drug-likeness (QED) is 0.693. The summed E-state index contributed by atoms with van der Waals surface area (Å²) < 4.78 is 28.1. The Morgan fingerprint density at radius 3 is 2.74 bits per heavy atom. The molecule has 2 aromatic carbocycles. The molecular weight excluding hydrogens is 382 g/mol. The monoisotopic (exact) mass is 396 g/mol. The molecule has 2 aliphatic rings. The zero-order valence-electron chi connectivity index (χ0n) is 12.5. The van der Waals surface area contributed by atoms with Gasteiger partial charge < -0.3 is 4.90 Å². The molecule has 120 valence electrons. The van der Waals surface area contributed by atoms with Crippen molar-refractivity contribution in [2.45, 2.75) is 13.3 Å². The number of fused-ring (bicyclic) bond motifs is 2. The van der Waals surface area contributed by atoms with Crippen molar-refractivity contribution in [1.29, 1.82) is 0 Å². The average Bonchev–Trinajstić information content (AvgIpc) is 3.08. The van der Waals surface area contributed by atoms with Gasteiger partial charge in [-0.25, -0.2) is 8.78 Å². The molecule has 0 saturated carbocycles. The summed E-state index contributed by atoms with van der Waals surface area (Å²) in [6.45, 7) is 3.70. The summed E-state index contributed by atoms with van der Waals surface area (Å²) in [7, 11) is 0. The zero-order valence-corrected chi connectivity index (χ0v) is 15.0. The van der Waals surface area contributed by atoms with Crippen molar-refractivity contribution < 1.29 is 8.78 Å². The number of halogens is 3. The summed E-state index contributed by atoms with van der Waals surface area (Å²) in [5, 5.41) is 1.69. The highest BCUT2D eigenvalue weighted by Crippen LogP contribution is 2.45. The van der Waals surface area contributed by atoms with E-state index in [9.17, 15) is 8.78 Å². The molecule has 6 heteroatoms. The molecule has 0 N–H and O–H groups in total. The highest BCUT2D eigenvalue weighted by Gasteiger charge is 2.33. The number of rotatable bonds is 2. The summed E-state index contributed by atoms with van der Waals surface area (Å²) in [4.78, 5) is 7.87. The van der Waals surface area contributed by atoms with Crippen LogP contribution in [0.25, 0.3) is 16.5 Å². The summed E-state index contributed by atoms with van der Waals surface area (Å²) in [6.07, 6.45) is 0.879. The van der Waals surface area contributed by atoms with E-state index in [1.807, 2.05) is 0 Å². The summed E-state index contributed by atoms with van der Waals surface area (Å²) in [5.74, 6) is -1.03. The number of hydrogen-bond acceptors (Lipinski definition) is 3. The minimum Gasteiger partial charge on any atom is -0.318 e. The Balaban J connectivity index is 0.00000156. The van der Waals surface area contributed by atoms with Gasteiger partial charge in [0.05, 0.1) is 17.6 Å². The third kappa shape index (κ3) is 2.48.